The van der Waals surface area contributed by atoms with Crippen LogP contribution in [0.15, 0.2) is 24.3 Å². The predicted octanol–water partition coefficient (Wildman–Crippen LogP) is 2.35. The molecule has 2 amide bonds. The van der Waals surface area contributed by atoms with Gasteiger partial charge in [-0.3, -0.25) is 9.59 Å². The Bertz CT molecular complexity index is 573. The van der Waals surface area contributed by atoms with Crippen LogP contribution in [0.4, 0.5) is 5.69 Å². The first-order valence-electron chi connectivity index (χ1n) is 8.41. The van der Waals surface area contributed by atoms with Gasteiger partial charge in [-0.05, 0) is 50.3 Å². The Morgan fingerprint density at radius 2 is 2.00 bits per heavy atom. The lowest BCUT2D eigenvalue weighted by Gasteiger charge is -2.32. The normalized spacial score (nSPS) is 22.1. The molecule has 2 saturated heterocycles. The van der Waals surface area contributed by atoms with E-state index in [0.717, 1.165) is 36.9 Å². The summed E-state index contributed by atoms with van der Waals surface area (Å²) in [5.41, 5.74) is 1.97. The van der Waals surface area contributed by atoms with Gasteiger partial charge >= 0.3 is 0 Å². The fourth-order valence-corrected chi connectivity index (χ4v) is 3.31. The molecule has 0 saturated carbocycles. The Morgan fingerprint density at radius 3 is 2.65 bits per heavy atom. The molecular formula is C18H24N2O3. The minimum absolute atomic E-state index is 0.0240. The number of likely N-dealkylation sites (tertiary alicyclic amines) is 1. The molecule has 0 aliphatic carbocycles. The second-order valence-electron chi connectivity index (χ2n) is 6.46. The van der Waals surface area contributed by atoms with Crippen LogP contribution in [0.25, 0.3) is 0 Å². The zero-order valence-electron chi connectivity index (χ0n) is 13.6. The van der Waals surface area contributed by atoms with Gasteiger partial charge < -0.3 is 15.0 Å². The summed E-state index contributed by atoms with van der Waals surface area (Å²) in [5, 5.41) is 2.98. The van der Waals surface area contributed by atoms with Gasteiger partial charge in [-0.25, -0.2) is 0 Å². The molecule has 0 radical (unpaired) electrons. The van der Waals surface area contributed by atoms with Gasteiger partial charge in [0.05, 0.1) is 0 Å². The van der Waals surface area contributed by atoms with Gasteiger partial charge in [-0.1, -0.05) is 12.1 Å². The quantitative estimate of drug-likeness (QED) is 0.931. The molecule has 2 aliphatic rings. The van der Waals surface area contributed by atoms with E-state index >= 15 is 0 Å². The average Bonchev–Trinajstić information content (AvgIpc) is 3.09. The number of hydrogen-bond acceptors (Lipinski definition) is 3. The van der Waals surface area contributed by atoms with Gasteiger partial charge in [0, 0.05) is 31.3 Å². The number of rotatable bonds is 3. The summed E-state index contributed by atoms with van der Waals surface area (Å²) >= 11 is 0. The van der Waals surface area contributed by atoms with Crippen LogP contribution in [0.2, 0.25) is 0 Å². The molecular weight excluding hydrogens is 292 g/mol. The third-order valence-electron chi connectivity index (χ3n) is 4.67. The number of aryl methyl sites for hydroxylation is 1. The largest absolute Gasteiger partial charge is 0.368 e. The summed E-state index contributed by atoms with van der Waals surface area (Å²) in [6, 6.07) is 7.81. The number of benzene rings is 1. The number of nitrogens with one attached hydrogen (secondary N) is 1. The highest BCUT2D eigenvalue weighted by molar-refractivity contribution is 5.92. The third-order valence-corrected chi connectivity index (χ3v) is 4.67. The van der Waals surface area contributed by atoms with Crippen LogP contribution >= 0.6 is 0 Å². The smallest absolute Gasteiger partial charge is 0.251 e. The molecule has 23 heavy (non-hydrogen) atoms. The number of ether oxygens (including phenoxy) is 1. The number of piperidine rings is 1. The molecule has 0 bridgehead atoms. The number of nitrogens with zero attached hydrogens (tertiary/aromatic N) is 1. The Balaban J connectivity index is 1.50. The summed E-state index contributed by atoms with van der Waals surface area (Å²) in [6.45, 7) is 3.98. The van der Waals surface area contributed by atoms with Gasteiger partial charge in [0.15, 0.2) is 0 Å². The average molecular weight is 316 g/mol. The topological polar surface area (TPSA) is 58.6 Å². The van der Waals surface area contributed by atoms with E-state index in [9.17, 15) is 9.59 Å². The zero-order valence-corrected chi connectivity index (χ0v) is 13.6. The summed E-state index contributed by atoms with van der Waals surface area (Å²) in [4.78, 5) is 26.5. The summed E-state index contributed by atoms with van der Waals surface area (Å²) < 4.78 is 5.46. The van der Waals surface area contributed by atoms with Crippen molar-refractivity contribution in [2.24, 2.45) is 5.92 Å². The van der Waals surface area contributed by atoms with Crippen LogP contribution in [-0.2, 0) is 14.3 Å². The van der Waals surface area contributed by atoms with Crippen molar-refractivity contribution in [3.63, 3.8) is 0 Å². The van der Waals surface area contributed by atoms with Crippen molar-refractivity contribution in [1.82, 2.24) is 4.90 Å². The minimum Gasteiger partial charge on any atom is -0.368 e. The van der Waals surface area contributed by atoms with E-state index in [1.54, 1.807) is 0 Å². The van der Waals surface area contributed by atoms with Crippen LogP contribution in [0.5, 0.6) is 0 Å². The summed E-state index contributed by atoms with van der Waals surface area (Å²) in [5.74, 6) is 0.129. The highest BCUT2D eigenvalue weighted by Crippen LogP contribution is 2.22. The van der Waals surface area contributed by atoms with Crippen molar-refractivity contribution in [2.45, 2.75) is 38.7 Å². The van der Waals surface area contributed by atoms with E-state index in [-0.39, 0.29) is 23.8 Å². The van der Waals surface area contributed by atoms with E-state index in [1.807, 2.05) is 36.1 Å². The van der Waals surface area contributed by atoms with Crippen LogP contribution in [0, 0.1) is 12.8 Å². The molecule has 1 atom stereocenters. The Hall–Kier alpha value is -1.88. The van der Waals surface area contributed by atoms with Crippen LogP contribution in [-0.4, -0.2) is 42.5 Å². The van der Waals surface area contributed by atoms with E-state index in [2.05, 4.69) is 5.32 Å². The summed E-state index contributed by atoms with van der Waals surface area (Å²) in [6.07, 6.45) is 2.97. The van der Waals surface area contributed by atoms with Crippen molar-refractivity contribution >= 4 is 17.5 Å². The molecule has 2 heterocycles. The number of anilines is 1. The van der Waals surface area contributed by atoms with E-state index in [0.29, 0.717) is 19.7 Å². The molecule has 3 rings (SSSR count). The first kappa shape index (κ1) is 16.0. The van der Waals surface area contributed by atoms with Crippen molar-refractivity contribution in [3.8, 4) is 0 Å². The van der Waals surface area contributed by atoms with Crippen molar-refractivity contribution in [1.29, 1.82) is 0 Å². The molecule has 0 spiro atoms. The number of hydrogen-bond donors (Lipinski definition) is 1. The second-order valence-corrected chi connectivity index (χ2v) is 6.46. The van der Waals surface area contributed by atoms with Crippen molar-refractivity contribution < 1.29 is 14.3 Å². The Kier molecular flexibility index (Phi) is 4.96. The van der Waals surface area contributed by atoms with Crippen LogP contribution in [0.1, 0.15) is 31.2 Å². The molecule has 5 nitrogen and oxygen atoms in total. The lowest BCUT2D eigenvalue weighted by atomic mass is 9.95. The van der Waals surface area contributed by atoms with Gasteiger partial charge in [-0.2, -0.15) is 0 Å². The van der Waals surface area contributed by atoms with Crippen molar-refractivity contribution in [2.75, 3.05) is 25.0 Å². The van der Waals surface area contributed by atoms with E-state index < -0.39 is 0 Å². The van der Waals surface area contributed by atoms with Gasteiger partial charge in [-0.15, -0.1) is 0 Å². The molecule has 5 heteroatoms. The standard InChI is InChI=1S/C18H24N2O3/c1-13-4-2-5-15(12-13)19-17(21)14-7-9-20(10-8-14)18(22)16-6-3-11-23-16/h2,4-5,12,14,16H,3,6-11H2,1H3,(H,19,21). The van der Waals surface area contributed by atoms with Gasteiger partial charge in [0.2, 0.25) is 5.91 Å². The van der Waals surface area contributed by atoms with Gasteiger partial charge in [0.25, 0.3) is 5.91 Å². The molecule has 2 aliphatic heterocycles. The highest BCUT2D eigenvalue weighted by Gasteiger charge is 2.32. The number of carbonyl (C=O) groups is 2. The molecule has 1 N–H and O–H groups in total. The Morgan fingerprint density at radius 1 is 1.22 bits per heavy atom. The van der Waals surface area contributed by atoms with Crippen molar-refractivity contribution in [3.05, 3.63) is 29.8 Å². The monoisotopic (exact) mass is 316 g/mol. The molecule has 1 unspecified atom stereocenters. The lowest BCUT2D eigenvalue weighted by molar-refractivity contribution is -0.143. The third kappa shape index (κ3) is 3.91. The number of amides is 2. The molecule has 1 aromatic carbocycles. The van der Waals surface area contributed by atoms with E-state index in [4.69, 9.17) is 4.74 Å². The molecule has 2 fully saturated rings. The maximum Gasteiger partial charge on any atom is 0.251 e. The first-order valence-corrected chi connectivity index (χ1v) is 8.41. The predicted molar refractivity (Wildman–Crippen MR) is 88.1 cm³/mol. The maximum absolute atomic E-state index is 12.4. The SMILES string of the molecule is Cc1cccc(NC(=O)C2CCN(C(=O)C3CCCO3)CC2)c1. The fraction of sp³-hybridized carbons (Fsp3) is 0.556. The second kappa shape index (κ2) is 7.13. The summed E-state index contributed by atoms with van der Waals surface area (Å²) in [7, 11) is 0. The van der Waals surface area contributed by atoms with Crippen LogP contribution < -0.4 is 5.32 Å². The minimum atomic E-state index is -0.257. The lowest BCUT2D eigenvalue weighted by Crippen LogP contribution is -2.45. The molecule has 124 valence electrons. The zero-order chi connectivity index (χ0) is 16.2. The number of carbonyl (C=O) groups excluding carboxylic acids is 2. The molecule has 1 aromatic rings. The first-order chi connectivity index (χ1) is 11.1. The van der Waals surface area contributed by atoms with Gasteiger partial charge in [0.1, 0.15) is 6.10 Å². The fourth-order valence-electron chi connectivity index (χ4n) is 3.31. The van der Waals surface area contributed by atoms with E-state index in [1.165, 1.54) is 0 Å². The van der Waals surface area contributed by atoms with Crippen LogP contribution in [0.3, 0.4) is 0 Å². The highest BCUT2D eigenvalue weighted by atomic mass is 16.5. The maximum atomic E-state index is 12.4. The Labute approximate surface area is 137 Å². The molecule has 0 aromatic heterocycles.